The first-order valence-corrected chi connectivity index (χ1v) is 7.53. The second-order valence-corrected chi connectivity index (χ2v) is 5.64. The first-order valence-electron chi connectivity index (χ1n) is 7.15. The van der Waals surface area contributed by atoms with E-state index < -0.39 is 4.92 Å². The molecule has 0 atom stereocenters. The molecule has 3 aromatic carbocycles. The van der Waals surface area contributed by atoms with Crippen LogP contribution in [0.1, 0.15) is 0 Å². The normalized spacial score (nSPS) is 11.7. The monoisotopic (exact) mass is 339 g/mol. The highest BCUT2D eigenvalue weighted by Gasteiger charge is 2.25. The van der Waals surface area contributed by atoms with Crippen LogP contribution in [0.3, 0.4) is 0 Å². The molecule has 6 heteroatoms. The summed E-state index contributed by atoms with van der Waals surface area (Å²) in [6.45, 7) is 0. The van der Waals surface area contributed by atoms with Gasteiger partial charge in [-0.2, -0.15) is 0 Å². The molecule has 1 heterocycles. The zero-order valence-electron chi connectivity index (χ0n) is 12.2. The number of fused-ring (bicyclic) bond motifs is 2. The molecule has 4 rings (SSSR count). The van der Waals surface area contributed by atoms with Crippen molar-refractivity contribution >= 4 is 17.3 Å². The standard InChI is InChI=1S/C18H10ClNO4/c19-11-8-9-12(14(10-11)20(21)22)13-4-3-7-17-18(13)24-16-6-2-1-5-15(16)23-17/h1-10H. The number of hydrogen-bond donors (Lipinski definition) is 0. The first kappa shape index (κ1) is 14.5. The lowest BCUT2D eigenvalue weighted by Crippen LogP contribution is -2.01. The number of hydrogen-bond acceptors (Lipinski definition) is 4. The highest BCUT2D eigenvalue weighted by Crippen LogP contribution is 2.50. The summed E-state index contributed by atoms with van der Waals surface area (Å²) in [5, 5.41) is 11.7. The van der Waals surface area contributed by atoms with Gasteiger partial charge < -0.3 is 9.47 Å². The van der Waals surface area contributed by atoms with Crippen molar-refractivity contribution in [2.24, 2.45) is 0 Å². The molecular formula is C18H10ClNO4. The Morgan fingerprint density at radius 2 is 1.54 bits per heavy atom. The number of nitro benzene ring substituents is 1. The molecule has 0 unspecified atom stereocenters. The molecule has 3 aromatic rings. The molecule has 0 amide bonds. The van der Waals surface area contributed by atoms with Gasteiger partial charge in [-0.15, -0.1) is 0 Å². The average molecular weight is 340 g/mol. The van der Waals surface area contributed by atoms with Crippen molar-refractivity contribution in [1.82, 2.24) is 0 Å². The molecule has 0 aliphatic carbocycles. The van der Waals surface area contributed by atoms with E-state index in [0.29, 0.717) is 39.1 Å². The minimum Gasteiger partial charge on any atom is -0.449 e. The van der Waals surface area contributed by atoms with Crippen molar-refractivity contribution in [2.45, 2.75) is 0 Å². The summed E-state index contributed by atoms with van der Waals surface area (Å²) in [6.07, 6.45) is 0. The highest BCUT2D eigenvalue weighted by molar-refractivity contribution is 6.31. The minimum atomic E-state index is -0.460. The van der Waals surface area contributed by atoms with E-state index in [1.807, 2.05) is 12.1 Å². The van der Waals surface area contributed by atoms with Crippen LogP contribution in [-0.4, -0.2) is 4.92 Å². The van der Waals surface area contributed by atoms with Crippen LogP contribution in [0.2, 0.25) is 5.02 Å². The summed E-state index contributed by atoms with van der Waals surface area (Å²) in [4.78, 5) is 10.9. The second kappa shape index (κ2) is 5.54. The maximum atomic E-state index is 11.4. The Morgan fingerprint density at radius 3 is 2.29 bits per heavy atom. The summed E-state index contributed by atoms with van der Waals surface area (Å²) in [5.74, 6) is 2.12. The Kier molecular flexibility index (Phi) is 3.36. The van der Waals surface area contributed by atoms with Gasteiger partial charge in [0, 0.05) is 16.7 Å². The van der Waals surface area contributed by atoms with E-state index in [9.17, 15) is 10.1 Å². The molecule has 0 saturated carbocycles. The number of nitrogens with zero attached hydrogens (tertiary/aromatic N) is 1. The predicted molar refractivity (Wildman–Crippen MR) is 90.1 cm³/mol. The zero-order valence-corrected chi connectivity index (χ0v) is 13.0. The molecule has 0 fully saturated rings. The third kappa shape index (κ3) is 2.35. The van der Waals surface area contributed by atoms with Gasteiger partial charge in [0.05, 0.1) is 10.5 Å². The molecule has 0 N–H and O–H groups in total. The Bertz CT molecular complexity index is 971. The van der Waals surface area contributed by atoms with Crippen LogP contribution in [0, 0.1) is 10.1 Å². The number of benzene rings is 3. The van der Waals surface area contributed by atoms with Crippen molar-refractivity contribution in [1.29, 1.82) is 0 Å². The van der Waals surface area contributed by atoms with Gasteiger partial charge in [0.15, 0.2) is 23.0 Å². The molecule has 1 aliphatic heterocycles. The predicted octanol–water partition coefficient (Wildman–Crippen LogP) is 5.81. The minimum absolute atomic E-state index is 0.0849. The van der Waals surface area contributed by atoms with Crippen molar-refractivity contribution in [3.63, 3.8) is 0 Å². The van der Waals surface area contributed by atoms with E-state index in [1.165, 1.54) is 6.07 Å². The fourth-order valence-electron chi connectivity index (χ4n) is 2.64. The third-order valence-corrected chi connectivity index (χ3v) is 3.94. The highest BCUT2D eigenvalue weighted by atomic mass is 35.5. The van der Waals surface area contributed by atoms with Gasteiger partial charge in [0.25, 0.3) is 5.69 Å². The molecule has 5 nitrogen and oxygen atoms in total. The molecule has 1 aliphatic rings. The molecule has 0 radical (unpaired) electrons. The van der Waals surface area contributed by atoms with Crippen LogP contribution in [-0.2, 0) is 0 Å². The van der Waals surface area contributed by atoms with Crippen LogP contribution in [0.15, 0.2) is 60.7 Å². The Morgan fingerprint density at radius 1 is 0.833 bits per heavy atom. The maximum Gasteiger partial charge on any atom is 0.278 e. The number of rotatable bonds is 2. The summed E-state index contributed by atoms with van der Waals surface area (Å²) in [7, 11) is 0. The molecule has 0 saturated heterocycles. The lowest BCUT2D eigenvalue weighted by Gasteiger charge is -2.22. The first-order chi connectivity index (χ1) is 11.6. The van der Waals surface area contributed by atoms with E-state index in [1.54, 1.807) is 42.5 Å². The van der Waals surface area contributed by atoms with Gasteiger partial charge in [0.2, 0.25) is 0 Å². The smallest absolute Gasteiger partial charge is 0.278 e. The fourth-order valence-corrected chi connectivity index (χ4v) is 2.81. The van der Waals surface area contributed by atoms with Crippen molar-refractivity contribution in [2.75, 3.05) is 0 Å². The lowest BCUT2D eigenvalue weighted by atomic mass is 10.0. The average Bonchev–Trinajstić information content (AvgIpc) is 2.59. The van der Waals surface area contributed by atoms with Gasteiger partial charge in [-0.1, -0.05) is 35.9 Å². The van der Waals surface area contributed by atoms with Gasteiger partial charge in [-0.25, -0.2) is 0 Å². The number of nitro groups is 1. The summed E-state index contributed by atoms with van der Waals surface area (Å²) in [5.41, 5.74) is 0.910. The SMILES string of the molecule is O=[N+]([O-])c1cc(Cl)ccc1-c1cccc2c1Oc1ccccc1O2. The molecule has 0 spiro atoms. The van der Waals surface area contributed by atoms with Crippen LogP contribution < -0.4 is 9.47 Å². The van der Waals surface area contributed by atoms with Gasteiger partial charge in [0.1, 0.15) is 0 Å². The fraction of sp³-hybridized carbons (Fsp3) is 0. The van der Waals surface area contributed by atoms with Crippen LogP contribution in [0.4, 0.5) is 5.69 Å². The van der Waals surface area contributed by atoms with Gasteiger partial charge in [-0.3, -0.25) is 10.1 Å². The third-order valence-electron chi connectivity index (χ3n) is 3.71. The second-order valence-electron chi connectivity index (χ2n) is 5.20. The summed E-state index contributed by atoms with van der Waals surface area (Å²) < 4.78 is 11.8. The van der Waals surface area contributed by atoms with Crippen LogP contribution >= 0.6 is 11.6 Å². The van der Waals surface area contributed by atoms with Crippen molar-refractivity contribution < 1.29 is 14.4 Å². The number of halogens is 1. The lowest BCUT2D eigenvalue weighted by molar-refractivity contribution is -0.384. The van der Waals surface area contributed by atoms with Crippen LogP contribution in [0.5, 0.6) is 23.0 Å². The number of ether oxygens (including phenoxy) is 2. The van der Waals surface area contributed by atoms with E-state index in [-0.39, 0.29) is 5.69 Å². The molecule has 24 heavy (non-hydrogen) atoms. The molecule has 0 aromatic heterocycles. The van der Waals surface area contributed by atoms with Crippen molar-refractivity contribution in [3.05, 3.63) is 75.8 Å². The van der Waals surface area contributed by atoms with E-state index in [4.69, 9.17) is 21.1 Å². The molecule has 118 valence electrons. The van der Waals surface area contributed by atoms with E-state index in [2.05, 4.69) is 0 Å². The Balaban J connectivity index is 1.90. The maximum absolute atomic E-state index is 11.4. The Hall–Kier alpha value is -3.05. The quantitative estimate of drug-likeness (QED) is 0.341. The van der Waals surface area contributed by atoms with Gasteiger partial charge in [-0.05, 0) is 30.3 Å². The zero-order chi connectivity index (χ0) is 16.7. The largest absolute Gasteiger partial charge is 0.449 e. The van der Waals surface area contributed by atoms with Crippen molar-refractivity contribution in [3.8, 4) is 34.1 Å². The number of para-hydroxylation sites is 3. The van der Waals surface area contributed by atoms with E-state index >= 15 is 0 Å². The Labute approximate surface area is 142 Å². The molecule has 0 bridgehead atoms. The van der Waals surface area contributed by atoms with Crippen LogP contribution in [0.25, 0.3) is 11.1 Å². The summed E-state index contributed by atoms with van der Waals surface area (Å²) in [6, 6.07) is 17.1. The molecular weight excluding hydrogens is 330 g/mol. The van der Waals surface area contributed by atoms with Gasteiger partial charge >= 0.3 is 0 Å². The van der Waals surface area contributed by atoms with E-state index in [0.717, 1.165) is 0 Å². The topological polar surface area (TPSA) is 61.6 Å². The summed E-state index contributed by atoms with van der Waals surface area (Å²) >= 11 is 5.90.